The Labute approximate surface area is 236 Å². The van der Waals surface area contributed by atoms with E-state index in [0.717, 1.165) is 31.2 Å². The molecule has 1 aromatic carbocycles. The molecule has 3 unspecified atom stereocenters. The molecule has 4 aliphatic rings. The van der Waals surface area contributed by atoms with Crippen LogP contribution in [0.4, 0.5) is 0 Å². The normalized spacial score (nSPS) is 25.9. The van der Waals surface area contributed by atoms with E-state index in [1.54, 1.807) is 23.4 Å². The van der Waals surface area contributed by atoms with Crippen LogP contribution in [0.3, 0.4) is 0 Å². The van der Waals surface area contributed by atoms with Crippen LogP contribution in [0.2, 0.25) is 10.0 Å². The molecule has 3 heterocycles. The summed E-state index contributed by atoms with van der Waals surface area (Å²) in [5, 5.41) is 2.99. The lowest BCUT2D eigenvalue weighted by Crippen LogP contribution is -2.76. The first-order valence-electron chi connectivity index (χ1n) is 12.9. The molecule has 1 N–H and O–H groups in total. The number of aromatic nitrogens is 1. The van der Waals surface area contributed by atoms with Gasteiger partial charge in [-0.25, -0.2) is 8.42 Å². The Morgan fingerprint density at radius 2 is 1.82 bits per heavy atom. The smallest absolute Gasteiger partial charge is 0.248 e. The van der Waals surface area contributed by atoms with Crippen LogP contribution in [0.25, 0.3) is 0 Å². The molecule has 13 heteroatoms. The van der Waals surface area contributed by atoms with E-state index in [1.165, 1.54) is 27.4 Å². The van der Waals surface area contributed by atoms with E-state index in [0.29, 0.717) is 0 Å². The molecule has 1 aromatic heterocycles. The number of hydrogen-bond donors (Lipinski definition) is 1. The number of carbonyl (C=O) groups excluding carboxylic acids is 3. The van der Waals surface area contributed by atoms with Crippen molar-refractivity contribution in [2.45, 2.75) is 61.3 Å². The van der Waals surface area contributed by atoms with Crippen molar-refractivity contribution in [1.82, 2.24) is 24.4 Å². The lowest BCUT2D eigenvalue weighted by molar-refractivity contribution is -0.168. The molecule has 39 heavy (non-hydrogen) atoms. The van der Waals surface area contributed by atoms with Crippen molar-refractivity contribution in [3.8, 4) is 0 Å². The van der Waals surface area contributed by atoms with Crippen LogP contribution in [-0.4, -0.2) is 82.6 Å². The highest BCUT2D eigenvalue weighted by Gasteiger charge is 2.56. The summed E-state index contributed by atoms with van der Waals surface area (Å²) in [4.78, 5) is 47.5. The van der Waals surface area contributed by atoms with Gasteiger partial charge in [0.05, 0.1) is 11.6 Å². The van der Waals surface area contributed by atoms with E-state index in [2.05, 4.69) is 10.3 Å². The van der Waals surface area contributed by atoms with Gasteiger partial charge in [0.1, 0.15) is 23.1 Å². The second-order valence-corrected chi connectivity index (χ2v) is 13.2. The van der Waals surface area contributed by atoms with Crippen LogP contribution in [0.1, 0.15) is 31.2 Å². The van der Waals surface area contributed by atoms with Crippen molar-refractivity contribution in [1.29, 1.82) is 0 Å². The maximum atomic E-state index is 14.1. The van der Waals surface area contributed by atoms with Crippen molar-refractivity contribution >= 4 is 50.9 Å². The minimum atomic E-state index is -4.27. The topological polar surface area (TPSA) is 120 Å². The van der Waals surface area contributed by atoms with Crippen molar-refractivity contribution in [2.75, 3.05) is 13.1 Å². The number of piperazine rings is 1. The molecule has 0 bridgehead atoms. The third-order valence-corrected chi connectivity index (χ3v) is 10.3. The molecule has 3 amide bonds. The monoisotopic (exact) mass is 591 g/mol. The fourth-order valence-electron chi connectivity index (χ4n) is 5.42. The number of carbonyl (C=O) groups is 3. The third kappa shape index (κ3) is 5.01. The second kappa shape index (κ2) is 10.0. The molecule has 2 saturated heterocycles. The summed E-state index contributed by atoms with van der Waals surface area (Å²) in [5.74, 6) is -1.19. The Kier molecular flexibility index (Phi) is 6.81. The molecule has 3 atom stereocenters. The van der Waals surface area contributed by atoms with E-state index in [9.17, 15) is 22.8 Å². The third-order valence-electron chi connectivity index (χ3n) is 7.72. The minimum Gasteiger partial charge on any atom is -0.343 e. The first-order valence-corrected chi connectivity index (χ1v) is 15.1. The second-order valence-electron chi connectivity index (χ2n) is 10.5. The van der Waals surface area contributed by atoms with Crippen molar-refractivity contribution in [3.05, 3.63) is 58.3 Å². The quantitative estimate of drug-likeness (QED) is 0.526. The lowest BCUT2D eigenvalue weighted by Gasteiger charge is -2.53. The summed E-state index contributed by atoms with van der Waals surface area (Å²) >= 11 is 12.4. The van der Waals surface area contributed by atoms with E-state index in [1.807, 2.05) is 6.07 Å². The summed E-state index contributed by atoms with van der Waals surface area (Å²) in [7, 11) is -4.27. The standard InChI is InChI=1S/C26H27Cl2N5O5S/c27-17-5-8-22(19(28)11-17)39(37,38)32-13-20(30-24(34)16-3-4-16)25(35)33-21(10-15-2-1-9-29-12-15)26(36)31(14-23(32)33)18-6-7-18/h1-2,5,8-9,11-12,16,18,20-21,23H,3-4,6-7,10,13-14H2,(H,30,34). The molecular weight excluding hydrogens is 565 g/mol. The number of benzene rings is 1. The van der Waals surface area contributed by atoms with Crippen LogP contribution in [0.5, 0.6) is 0 Å². The highest BCUT2D eigenvalue weighted by Crippen LogP contribution is 2.38. The summed E-state index contributed by atoms with van der Waals surface area (Å²) < 4.78 is 29.5. The Morgan fingerprint density at radius 1 is 1.05 bits per heavy atom. The number of fused-ring (bicyclic) bond motifs is 1. The molecule has 10 nitrogen and oxygen atoms in total. The van der Waals surface area contributed by atoms with Gasteiger partial charge in [0.15, 0.2) is 0 Å². The van der Waals surface area contributed by atoms with Gasteiger partial charge < -0.3 is 15.1 Å². The zero-order valence-electron chi connectivity index (χ0n) is 20.9. The molecule has 2 aliphatic carbocycles. The zero-order chi connectivity index (χ0) is 27.5. The number of nitrogens with zero attached hydrogens (tertiary/aromatic N) is 4. The number of halogens is 2. The minimum absolute atomic E-state index is 0.00196. The zero-order valence-corrected chi connectivity index (χ0v) is 23.2. The van der Waals surface area contributed by atoms with Gasteiger partial charge in [-0.15, -0.1) is 0 Å². The fourth-order valence-corrected chi connectivity index (χ4v) is 7.75. The Hall–Kier alpha value is -2.73. The van der Waals surface area contributed by atoms with Crippen LogP contribution in [0, 0.1) is 5.92 Å². The highest BCUT2D eigenvalue weighted by atomic mass is 35.5. The number of pyridine rings is 1. The summed E-state index contributed by atoms with van der Waals surface area (Å²) in [6.45, 7) is -0.238. The molecule has 2 saturated carbocycles. The first-order chi connectivity index (χ1) is 18.6. The number of rotatable bonds is 7. The maximum absolute atomic E-state index is 14.1. The lowest BCUT2D eigenvalue weighted by atomic mass is 9.97. The average molecular weight is 593 g/mol. The van der Waals surface area contributed by atoms with Gasteiger partial charge in [-0.3, -0.25) is 19.4 Å². The van der Waals surface area contributed by atoms with E-state index < -0.39 is 34.2 Å². The van der Waals surface area contributed by atoms with Gasteiger partial charge in [-0.2, -0.15) is 4.31 Å². The maximum Gasteiger partial charge on any atom is 0.248 e. The molecule has 2 aromatic rings. The van der Waals surface area contributed by atoms with Gasteiger partial charge in [-0.05, 0) is 55.5 Å². The molecule has 206 valence electrons. The first kappa shape index (κ1) is 26.5. The van der Waals surface area contributed by atoms with Gasteiger partial charge in [-0.1, -0.05) is 29.3 Å². The van der Waals surface area contributed by atoms with Crippen LogP contribution in [0.15, 0.2) is 47.6 Å². The van der Waals surface area contributed by atoms with E-state index >= 15 is 0 Å². The molecular formula is C26H27Cl2N5O5S. The van der Waals surface area contributed by atoms with Gasteiger partial charge in [0.2, 0.25) is 27.7 Å². The van der Waals surface area contributed by atoms with Crippen molar-refractivity contribution in [2.24, 2.45) is 5.92 Å². The molecule has 2 aliphatic heterocycles. The summed E-state index contributed by atoms with van der Waals surface area (Å²) in [5.41, 5.74) is 0.735. The van der Waals surface area contributed by atoms with Crippen LogP contribution in [-0.2, 0) is 30.8 Å². The Bertz CT molecular complexity index is 1430. The molecule has 0 spiro atoms. The Morgan fingerprint density at radius 3 is 2.46 bits per heavy atom. The van der Waals surface area contributed by atoms with Crippen molar-refractivity contribution < 1.29 is 22.8 Å². The van der Waals surface area contributed by atoms with E-state index in [4.69, 9.17) is 23.2 Å². The number of sulfonamides is 1. The molecule has 0 radical (unpaired) electrons. The van der Waals surface area contributed by atoms with Crippen LogP contribution < -0.4 is 5.32 Å². The largest absolute Gasteiger partial charge is 0.343 e. The predicted molar refractivity (Wildman–Crippen MR) is 142 cm³/mol. The predicted octanol–water partition coefficient (Wildman–Crippen LogP) is 2.06. The molecule has 6 rings (SSSR count). The molecule has 4 fully saturated rings. The van der Waals surface area contributed by atoms with Gasteiger partial charge in [0, 0.05) is 42.3 Å². The fraction of sp³-hybridized carbons (Fsp3) is 0.462. The summed E-state index contributed by atoms with van der Waals surface area (Å²) in [6, 6.07) is 5.57. The van der Waals surface area contributed by atoms with Crippen LogP contribution >= 0.6 is 23.2 Å². The highest BCUT2D eigenvalue weighted by molar-refractivity contribution is 7.89. The number of nitrogens with one attached hydrogen (secondary N) is 1. The number of amides is 3. The average Bonchev–Trinajstić information content (AvgIpc) is 3.81. The van der Waals surface area contributed by atoms with Crippen molar-refractivity contribution in [3.63, 3.8) is 0 Å². The van der Waals surface area contributed by atoms with Gasteiger partial charge >= 0.3 is 0 Å². The van der Waals surface area contributed by atoms with Gasteiger partial charge in [0.25, 0.3) is 0 Å². The Balaban J connectivity index is 1.43. The summed E-state index contributed by atoms with van der Waals surface area (Å²) in [6.07, 6.45) is 5.52. The van der Waals surface area contributed by atoms with E-state index in [-0.39, 0.29) is 58.2 Å². The SMILES string of the molecule is O=C(NC1CN(S(=O)(=O)c2ccc(Cl)cc2Cl)C2CN(C3CC3)C(=O)C(Cc3cccnc3)N2C1=O)C1CC1. The number of hydrogen-bond acceptors (Lipinski definition) is 6.